The minimum Gasteiger partial charge on any atom is -0.369 e. The van der Waals surface area contributed by atoms with Gasteiger partial charge in [0.15, 0.2) is 0 Å². The standard InChI is InChI=1S/C19H19F3N2O/c1-12-10-15(18(23)25)14-7-3-5-9-17(14)24(12)11-13-6-2-4-8-16(13)19(20,21)22/h2-9,12,15H,10-11H2,1H3,(H2,23,25)/t12-,15+/m1/s1. The minimum atomic E-state index is -4.40. The van der Waals surface area contributed by atoms with Crippen LogP contribution in [-0.2, 0) is 17.5 Å². The number of carbonyl (C=O) groups excluding carboxylic acids is 1. The lowest BCUT2D eigenvalue weighted by Gasteiger charge is -2.40. The molecule has 25 heavy (non-hydrogen) atoms. The first-order valence-electron chi connectivity index (χ1n) is 8.09. The monoisotopic (exact) mass is 348 g/mol. The quantitative estimate of drug-likeness (QED) is 0.909. The Bertz CT molecular complexity index is 788. The highest BCUT2D eigenvalue weighted by molar-refractivity contribution is 5.85. The van der Waals surface area contributed by atoms with Crippen LogP contribution in [0.5, 0.6) is 0 Å². The third kappa shape index (κ3) is 3.34. The number of fused-ring (bicyclic) bond motifs is 1. The summed E-state index contributed by atoms with van der Waals surface area (Å²) in [5.41, 5.74) is 6.65. The number of para-hydroxylation sites is 1. The molecule has 1 aliphatic rings. The molecule has 3 rings (SSSR count). The van der Waals surface area contributed by atoms with Crippen LogP contribution in [0.15, 0.2) is 48.5 Å². The number of primary amides is 1. The van der Waals surface area contributed by atoms with Crippen molar-refractivity contribution < 1.29 is 18.0 Å². The van der Waals surface area contributed by atoms with Crippen LogP contribution in [0.2, 0.25) is 0 Å². The number of hydrogen-bond acceptors (Lipinski definition) is 2. The summed E-state index contributed by atoms with van der Waals surface area (Å²) in [6.07, 6.45) is -3.91. The first-order valence-corrected chi connectivity index (χ1v) is 8.09. The Labute approximate surface area is 144 Å². The molecule has 2 aromatic rings. The van der Waals surface area contributed by atoms with Gasteiger partial charge < -0.3 is 10.6 Å². The maximum Gasteiger partial charge on any atom is 0.416 e. The summed E-state index contributed by atoms with van der Waals surface area (Å²) in [6, 6.07) is 12.8. The maximum atomic E-state index is 13.3. The van der Waals surface area contributed by atoms with E-state index in [1.54, 1.807) is 6.07 Å². The number of hydrogen-bond donors (Lipinski definition) is 1. The largest absolute Gasteiger partial charge is 0.416 e. The van der Waals surface area contributed by atoms with Gasteiger partial charge in [-0.2, -0.15) is 13.2 Å². The van der Waals surface area contributed by atoms with Crippen LogP contribution in [0.3, 0.4) is 0 Å². The zero-order chi connectivity index (χ0) is 18.2. The van der Waals surface area contributed by atoms with E-state index in [2.05, 4.69) is 0 Å². The van der Waals surface area contributed by atoms with E-state index in [4.69, 9.17) is 5.73 Å². The Morgan fingerprint density at radius 2 is 1.80 bits per heavy atom. The van der Waals surface area contributed by atoms with E-state index in [-0.39, 0.29) is 18.2 Å². The lowest BCUT2D eigenvalue weighted by molar-refractivity contribution is -0.138. The molecule has 0 fully saturated rings. The molecule has 0 saturated carbocycles. The fourth-order valence-electron chi connectivity index (χ4n) is 3.51. The molecule has 2 N–H and O–H groups in total. The van der Waals surface area contributed by atoms with Crippen molar-refractivity contribution in [1.82, 2.24) is 0 Å². The average Bonchev–Trinajstić information content (AvgIpc) is 2.56. The fraction of sp³-hybridized carbons (Fsp3) is 0.316. The van der Waals surface area contributed by atoms with Crippen molar-refractivity contribution in [2.45, 2.75) is 38.0 Å². The molecular formula is C19H19F3N2O. The van der Waals surface area contributed by atoms with E-state index < -0.39 is 23.6 Å². The van der Waals surface area contributed by atoms with Gasteiger partial charge in [-0.1, -0.05) is 36.4 Å². The van der Waals surface area contributed by atoms with E-state index in [0.29, 0.717) is 6.42 Å². The first kappa shape index (κ1) is 17.3. The summed E-state index contributed by atoms with van der Waals surface area (Å²) in [4.78, 5) is 13.7. The van der Waals surface area contributed by atoms with Crippen LogP contribution >= 0.6 is 0 Å². The molecular weight excluding hydrogens is 329 g/mol. The summed E-state index contributed by atoms with van der Waals surface area (Å²) in [5.74, 6) is -0.824. The van der Waals surface area contributed by atoms with Crippen molar-refractivity contribution in [3.05, 3.63) is 65.2 Å². The topological polar surface area (TPSA) is 46.3 Å². The Morgan fingerprint density at radius 1 is 1.16 bits per heavy atom. The van der Waals surface area contributed by atoms with Crippen LogP contribution in [-0.4, -0.2) is 11.9 Å². The van der Waals surface area contributed by atoms with Gasteiger partial charge in [0, 0.05) is 18.3 Å². The van der Waals surface area contributed by atoms with Crippen molar-refractivity contribution in [2.24, 2.45) is 5.73 Å². The molecule has 0 aromatic heterocycles. The zero-order valence-electron chi connectivity index (χ0n) is 13.8. The normalized spacial score (nSPS) is 20.2. The third-order valence-corrected chi connectivity index (χ3v) is 4.74. The Balaban J connectivity index is 2.01. The summed E-state index contributed by atoms with van der Waals surface area (Å²) < 4.78 is 39.9. The van der Waals surface area contributed by atoms with Gasteiger partial charge in [0.25, 0.3) is 0 Å². The van der Waals surface area contributed by atoms with Crippen LogP contribution in [0.25, 0.3) is 0 Å². The van der Waals surface area contributed by atoms with E-state index in [0.717, 1.165) is 17.3 Å². The van der Waals surface area contributed by atoms with Crippen molar-refractivity contribution in [1.29, 1.82) is 0 Å². The fourth-order valence-corrected chi connectivity index (χ4v) is 3.51. The molecule has 2 aromatic carbocycles. The Hall–Kier alpha value is -2.50. The summed E-state index contributed by atoms with van der Waals surface area (Å²) in [6.45, 7) is 2.03. The number of alkyl halides is 3. The molecule has 1 heterocycles. The number of nitrogens with two attached hydrogens (primary N) is 1. The number of anilines is 1. The van der Waals surface area contributed by atoms with Gasteiger partial charge in [0.2, 0.25) is 5.91 Å². The number of rotatable bonds is 3. The van der Waals surface area contributed by atoms with E-state index in [1.807, 2.05) is 36.1 Å². The summed E-state index contributed by atoms with van der Waals surface area (Å²) in [7, 11) is 0. The van der Waals surface area contributed by atoms with Gasteiger partial charge in [-0.05, 0) is 36.6 Å². The van der Waals surface area contributed by atoms with Gasteiger partial charge in [-0.3, -0.25) is 4.79 Å². The minimum absolute atomic E-state index is 0.103. The molecule has 0 saturated heterocycles. The molecule has 3 nitrogen and oxygen atoms in total. The lowest BCUT2D eigenvalue weighted by Crippen LogP contribution is -2.41. The van der Waals surface area contributed by atoms with Gasteiger partial charge in [0.1, 0.15) is 0 Å². The molecule has 1 aliphatic heterocycles. The number of benzene rings is 2. The number of carbonyl (C=O) groups is 1. The zero-order valence-corrected chi connectivity index (χ0v) is 13.8. The molecule has 2 atom stereocenters. The van der Waals surface area contributed by atoms with E-state index in [9.17, 15) is 18.0 Å². The van der Waals surface area contributed by atoms with Crippen LogP contribution in [0.1, 0.15) is 36.0 Å². The molecule has 1 amide bonds. The molecule has 6 heteroatoms. The van der Waals surface area contributed by atoms with Gasteiger partial charge in [0.05, 0.1) is 11.5 Å². The number of amides is 1. The maximum absolute atomic E-state index is 13.3. The highest BCUT2D eigenvalue weighted by Gasteiger charge is 2.36. The van der Waals surface area contributed by atoms with Crippen LogP contribution in [0, 0.1) is 0 Å². The highest BCUT2D eigenvalue weighted by Crippen LogP contribution is 2.40. The van der Waals surface area contributed by atoms with Crippen LogP contribution < -0.4 is 10.6 Å². The molecule has 132 valence electrons. The SMILES string of the molecule is C[C@@H]1C[C@H](C(N)=O)c2ccccc2N1Cc1ccccc1C(F)(F)F. The van der Waals surface area contributed by atoms with Crippen molar-refractivity contribution >= 4 is 11.6 Å². The van der Waals surface area contributed by atoms with Gasteiger partial charge in [-0.15, -0.1) is 0 Å². The van der Waals surface area contributed by atoms with Crippen molar-refractivity contribution in [3.63, 3.8) is 0 Å². The lowest BCUT2D eigenvalue weighted by atomic mass is 9.85. The predicted molar refractivity (Wildman–Crippen MR) is 90.1 cm³/mol. The predicted octanol–water partition coefficient (Wildman–Crippen LogP) is 4.07. The molecule has 0 unspecified atom stereocenters. The molecule has 0 spiro atoms. The highest BCUT2D eigenvalue weighted by atomic mass is 19.4. The first-order chi connectivity index (χ1) is 11.8. The van der Waals surface area contributed by atoms with Gasteiger partial charge >= 0.3 is 6.18 Å². The van der Waals surface area contributed by atoms with Crippen molar-refractivity contribution in [3.8, 4) is 0 Å². The second-order valence-electron chi connectivity index (χ2n) is 6.38. The number of halogens is 3. The second kappa shape index (κ2) is 6.43. The Kier molecular flexibility index (Phi) is 4.45. The average molecular weight is 348 g/mol. The van der Waals surface area contributed by atoms with Crippen molar-refractivity contribution in [2.75, 3.05) is 4.90 Å². The second-order valence-corrected chi connectivity index (χ2v) is 6.38. The third-order valence-electron chi connectivity index (χ3n) is 4.74. The molecule has 0 aliphatic carbocycles. The van der Waals surface area contributed by atoms with E-state index >= 15 is 0 Å². The summed E-state index contributed by atoms with van der Waals surface area (Å²) in [5, 5.41) is 0. The Morgan fingerprint density at radius 3 is 2.48 bits per heavy atom. The van der Waals surface area contributed by atoms with Gasteiger partial charge in [-0.25, -0.2) is 0 Å². The van der Waals surface area contributed by atoms with Crippen LogP contribution in [0.4, 0.5) is 18.9 Å². The number of nitrogens with zero attached hydrogens (tertiary/aromatic N) is 1. The smallest absolute Gasteiger partial charge is 0.369 e. The molecule has 0 radical (unpaired) electrons. The summed E-state index contributed by atoms with van der Waals surface area (Å²) >= 11 is 0. The molecule has 0 bridgehead atoms. The van der Waals surface area contributed by atoms with E-state index in [1.165, 1.54) is 12.1 Å².